The highest BCUT2D eigenvalue weighted by Gasteiger charge is 2.52. The van der Waals surface area contributed by atoms with E-state index in [1.165, 1.54) is 24.3 Å². The fraction of sp³-hybridized carbons (Fsp3) is 0.436. The Labute approximate surface area is 661 Å². The minimum absolute atomic E-state index is 0.0691. The van der Waals surface area contributed by atoms with Crippen LogP contribution in [0.5, 0.6) is 46.0 Å². The van der Waals surface area contributed by atoms with Crippen molar-refractivity contribution in [2.75, 3.05) is 13.2 Å². The lowest BCUT2D eigenvalue weighted by atomic mass is 9.84. The van der Waals surface area contributed by atoms with Gasteiger partial charge < -0.3 is 128 Å². The number of aromatic hydroxyl groups is 3. The number of aliphatic carboxylic acids is 1. The Balaban J connectivity index is 1.07. The van der Waals surface area contributed by atoms with Crippen molar-refractivity contribution in [3.63, 3.8) is 0 Å². The van der Waals surface area contributed by atoms with Gasteiger partial charge in [-0.25, -0.2) is 9.18 Å². The number of aryl methyl sites for hydroxylation is 1. The van der Waals surface area contributed by atoms with Crippen molar-refractivity contribution in [2.24, 2.45) is 17.4 Å². The van der Waals surface area contributed by atoms with Gasteiger partial charge in [-0.3, -0.25) is 33.6 Å². The number of hydrogen-bond acceptors (Lipinski definition) is 25. The number of carboxylic acids is 1. The van der Waals surface area contributed by atoms with Crippen molar-refractivity contribution in [3.05, 3.63) is 152 Å². The summed E-state index contributed by atoms with van der Waals surface area (Å²) in [6, 6.07) is 5.24. The number of fused-ring (bicyclic) bond motifs is 15. The number of carbonyl (C=O) groups is 8. The van der Waals surface area contributed by atoms with E-state index < -0.39 is 237 Å². The number of carboxylic acid groups (broad SMARTS) is 1. The fourth-order valence-electron chi connectivity index (χ4n) is 14.4. The first-order valence-electron chi connectivity index (χ1n) is 36.8. The number of halogens is 3. The molecule has 21 N–H and O–H groups in total. The molecule has 0 radical (unpaired) electrons. The fourth-order valence-corrected chi connectivity index (χ4v) is 14.9. The van der Waals surface area contributed by atoms with E-state index in [4.69, 9.17) is 63.1 Å². The minimum Gasteiger partial charge on any atom is -0.508 e. The number of aliphatic hydroxyl groups is 6. The van der Waals surface area contributed by atoms with E-state index in [1.54, 1.807) is 39.8 Å². The van der Waals surface area contributed by atoms with Crippen molar-refractivity contribution in [3.8, 4) is 57.1 Å². The van der Waals surface area contributed by atoms with E-state index in [0.29, 0.717) is 13.0 Å². The molecule has 0 aromatic heterocycles. The number of ether oxygens (including phenoxy) is 6. The molecular weight excluding hydrogens is 1540 g/mol. The first-order valence-corrected chi connectivity index (χ1v) is 37.6. The normalized spacial score (nSPS) is 27.4. The molecule has 7 aliphatic rings. The average Bonchev–Trinajstić information content (AvgIpc) is 0.770. The number of aliphatic hydroxyl groups excluding tert-OH is 6. The van der Waals surface area contributed by atoms with Crippen LogP contribution >= 0.6 is 23.2 Å². The van der Waals surface area contributed by atoms with Gasteiger partial charge in [-0.2, -0.15) is 0 Å². The molecule has 11 bridgehead atoms. The number of phenols is 3. The number of hydrogen-bond donors (Lipinski definition) is 19. The maximum atomic E-state index is 16.1. The third kappa shape index (κ3) is 19.3. The van der Waals surface area contributed by atoms with Gasteiger partial charge in [-0.1, -0.05) is 86.6 Å². The molecule has 33 nitrogen and oxygen atoms in total. The highest BCUT2D eigenvalue weighted by molar-refractivity contribution is 6.32. The molecule has 612 valence electrons. The molecule has 7 amide bonds. The number of rotatable bonds is 21. The number of unbranched alkanes of at least 4 members (excludes halogenated alkanes) is 4. The van der Waals surface area contributed by atoms with Crippen LogP contribution in [0.2, 0.25) is 10.0 Å². The summed E-state index contributed by atoms with van der Waals surface area (Å²) in [6.45, 7) is 6.29. The molecule has 18 atom stereocenters. The molecule has 36 heteroatoms. The third-order valence-electron chi connectivity index (χ3n) is 20.5. The van der Waals surface area contributed by atoms with Crippen LogP contribution < -0.4 is 62.9 Å². The summed E-state index contributed by atoms with van der Waals surface area (Å²) < 4.78 is 52.8. The molecule has 7 aliphatic heterocycles. The monoisotopic (exact) mass is 1630 g/mol. The van der Waals surface area contributed by atoms with Crippen molar-refractivity contribution in [1.29, 1.82) is 0 Å². The van der Waals surface area contributed by atoms with Crippen molar-refractivity contribution >= 4 is 70.5 Å². The van der Waals surface area contributed by atoms with Gasteiger partial charge in [0, 0.05) is 34.7 Å². The number of amides is 7. The van der Waals surface area contributed by atoms with Crippen molar-refractivity contribution in [2.45, 2.75) is 195 Å². The molecular formula is C78H90Cl2FN9O24. The maximum absolute atomic E-state index is 16.1. The zero-order valence-electron chi connectivity index (χ0n) is 62.0. The zero-order valence-corrected chi connectivity index (χ0v) is 63.5. The number of carbonyl (C=O) groups excluding carboxylic acids is 7. The van der Waals surface area contributed by atoms with Crippen LogP contribution in [0.15, 0.2) is 103 Å². The highest BCUT2D eigenvalue weighted by Crippen LogP contribution is 2.50. The van der Waals surface area contributed by atoms with Crippen LogP contribution in [0.1, 0.15) is 143 Å². The lowest BCUT2D eigenvalue weighted by molar-refractivity contribution is -0.334. The van der Waals surface area contributed by atoms with E-state index in [9.17, 15) is 79.4 Å². The van der Waals surface area contributed by atoms with Crippen LogP contribution in [0.3, 0.4) is 0 Å². The molecule has 0 unspecified atom stereocenters. The summed E-state index contributed by atoms with van der Waals surface area (Å²) in [5.41, 5.74) is 9.00. The van der Waals surface area contributed by atoms with Crippen molar-refractivity contribution in [1.82, 2.24) is 37.2 Å². The molecule has 2 fully saturated rings. The Kier molecular flexibility index (Phi) is 26.9. The van der Waals surface area contributed by atoms with E-state index in [0.717, 1.165) is 104 Å². The number of benzene rings is 6. The first kappa shape index (κ1) is 84.8. The van der Waals surface area contributed by atoms with Crippen LogP contribution in [0.25, 0.3) is 11.1 Å². The summed E-state index contributed by atoms with van der Waals surface area (Å²) in [7, 11) is 0. The lowest BCUT2D eigenvalue weighted by Crippen LogP contribution is -2.65. The van der Waals surface area contributed by atoms with Gasteiger partial charge in [-0.15, -0.1) is 0 Å². The Morgan fingerprint density at radius 2 is 1.30 bits per heavy atom. The average molecular weight is 1630 g/mol. The Morgan fingerprint density at radius 3 is 1.93 bits per heavy atom. The molecule has 0 saturated carbocycles. The van der Waals surface area contributed by atoms with Gasteiger partial charge in [-0.05, 0) is 147 Å². The summed E-state index contributed by atoms with van der Waals surface area (Å²) in [6.07, 6.45) is -13.6. The predicted molar refractivity (Wildman–Crippen MR) is 401 cm³/mol. The van der Waals surface area contributed by atoms with Gasteiger partial charge in [0.25, 0.3) is 0 Å². The van der Waals surface area contributed by atoms with E-state index in [2.05, 4.69) is 37.2 Å². The SMILES string of the molecule is CC(C)C[C@@H](N)C(=O)N[C@H]1C(=O)N[C@@H](CC(N)=O)C(=O)N[C@H]2C(=O)N[C@H]3C(=O)N[C@H](C(=O)N[C@H](C(=O)O)c4cc(O)cc(O)c4-c4cc3ccc4O)[C@H](O)c3ccc(c(Cl)c3)Oc3cc2cc(c3O[C@@H]2O[C@H](CO)[C@@H](O)[C@H](O)[C@H]2O[C@H]2C[C@](C)(NCCCCCCCc3ccc(F)cc3)[C@H](O)[C@H](C)O2)Oc2ccc(cc2Cl)[C@H]1O. The van der Waals surface area contributed by atoms with Crippen LogP contribution in [0, 0.1) is 11.7 Å². The standard InChI is InChI=1S/C78H90Cl2FN9O24/c1-33(2)22-46(82)70(101)89-61-63(96)37-14-19-50(44(79)24-37)110-52-26-39-27-53(67(52)114-77-68(66(99)65(98)54(32-91)112-77)113-56-31-78(4,69(100)34(3)109-56)84-21-9-7-5-6-8-10-35-11-16-40(81)17-12-35)111-51-20-15-38(25-45(51)80)64(97)62-75(106)88-60(76(107)108)43-28-41(92)29-49(94)57(43)42-23-36(13-18-48(42)93)58(72(103)90-62)87-73(104)59(39)86-71(102)47(30-55(83)95)85-74(61)105/h11-20,23-29,33-34,46-47,54,56,58-66,68-69,77,84,91-94,96-100H,5-10,21-22,30-32,82H2,1-4H3,(H2,83,95)(H,85,105)(H,86,102)(H,87,104)(H,88,106)(H,89,101)(H,90,103)(H,107,108)/t34-,46+,47-,54+,56-,58+,59+,60-,61+,62-,63+,64+,65+,66-,68+,69+,77-,78-/m0/s1. The molecule has 7 heterocycles. The van der Waals surface area contributed by atoms with Gasteiger partial charge in [0.2, 0.25) is 53.4 Å². The number of primary amides is 1. The van der Waals surface area contributed by atoms with Crippen molar-refractivity contribution < 1.29 is 122 Å². The third-order valence-corrected chi connectivity index (χ3v) is 21.1. The molecule has 6 aromatic rings. The molecule has 114 heavy (non-hydrogen) atoms. The number of nitrogens with two attached hydrogens (primary N) is 2. The van der Waals surface area contributed by atoms with Crippen LogP contribution in [0.4, 0.5) is 4.39 Å². The summed E-state index contributed by atoms with van der Waals surface area (Å²) >= 11 is 14.2. The molecule has 0 aliphatic carbocycles. The van der Waals surface area contributed by atoms with E-state index >= 15 is 14.4 Å². The summed E-state index contributed by atoms with van der Waals surface area (Å²) in [5, 5.41) is 133. The molecule has 2 saturated heterocycles. The van der Waals surface area contributed by atoms with Crippen LogP contribution in [-0.2, 0) is 59.0 Å². The van der Waals surface area contributed by atoms with Gasteiger partial charge in [0.05, 0.1) is 41.3 Å². The van der Waals surface area contributed by atoms with Gasteiger partial charge >= 0.3 is 5.97 Å². The van der Waals surface area contributed by atoms with Crippen LogP contribution in [-0.4, -0.2) is 190 Å². The molecule has 6 aromatic carbocycles. The summed E-state index contributed by atoms with van der Waals surface area (Å²) in [4.78, 5) is 117. The smallest absolute Gasteiger partial charge is 0.330 e. The largest absolute Gasteiger partial charge is 0.508 e. The lowest BCUT2D eigenvalue weighted by Gasteiger charge is -2.48. The Bertz CT molecular complexity index is 4610. The quantitative estimate of drug-likeness (QED) is 0.0456. The Hall–Kier alpha value is -10.1. The molecule has 13 rings (SSSR count). The van der Waals surface area contributed by atoms with Gasteiger partial charge in [0.15, 0.2) is 29.9 Å². The van der Waals surface area contributed by atoms with Gasteiger partial charge in [0.1, 0.15) is 95.3 Å². The minimum atomic E-state index is -2.37. The second kappa shape index (κ2) is 36.2. The van der Waals surface area contributed by atoms with E-state index in [1.807, 2.05) is 0 Å². The second-order valence-corrected chi connectivity index (χ2v) is 30.3. The second-order valence-electron chi connectivity index (χ2n) is 29.5. The first-order chi connectivity index (χ1) is 54.1. The number of nitrogens with one attached hydrogen (secondary N) is 7. The Morgan fingerprint density at radius 1 is 0.684 bits per heavy atom. The summed E-state index contributed by atoms with van der Waals surface area (Å²) in [5.74, 6) is -16.6. The van der Waals surface area contributed by atoms with E-state index in [-0.39, 0.29) is 52.0 Å². The maximum Gasteiger partial charge on any atom is 0.330 e. The molecule has 0 spiro atoms. The number of phenolic OH excluding ortho intramolecular Hbond substituents is 3. The zero-order chi connectivity index (χ0) is 82.5. The highest BCUT2D eigenvalue weighted by atomic mass is 35.5. The predicted octanol–water partition coefficient (Wildman–Crippen LogP) is 3.81. The topological polar surface area (TPSA) is 530 Å².